The fourth-order valence-corrected chi connectivity index (χ4v) is 5.88. The third kappa shape index (κ3) is 5.66. The molecule has 0 bridgehead atoms. The number of hydrogen-bond donors (Lipinski definition) is 1. The van der Waals surface area contributed by atoms with Gasteiger partial charge in [-0.05, 0) is 57.9 Å². The largest absolute Gasteiger partial charge is 0.358 e. The third-order valence-corrected chi connectivity index (χ3v) is 7.98. The molecule has 0 aliphatic carbocycles. The van der Waals surface area contributed by atoms with Crippen LogP contribution in [0.3, 0.4) is 0 Å². The summed E-state index contributed by atoms with van der Waals surface area (Å²) in [6.45, 7) is 8.62. The highest BCUT2D eigenvalue weighted by molar-refractivity contribution is 8.23. The van der Waals surface area contributed by atoms with Crippen molar-refractivity contribution in [3.63, 3.8) is 0 Å². The van der Waals surface area contributed by atoms with Gasteiger partial charge in [-0.1, -0.05) is 24.0 Å². The van der Waals surface area contributed by atoms with Crippen LogP contribution in [-0.2, 0) is 14.8 Å². The highest BCUT2D eigenvalue weighted by Crippen LogP contribution is 2.23. The van der Waals surface area contributed by atoms with Crippen molar-refractivity contribution in [3.05, 3.63) is 24.3 Å². The Morgan fingerprint density at radius 3 is 2.30 bits per heavy atom. The number of nitrogens with zero attached hydrogens (tertiary/aromatic N) is 2. The summed E-state index contributed by atoms with van der Waals surface area (Å²) in [7, 11) is -3.44. The van der Waals surface area contributed by atoms with Gasteiger partial charge in [0.2, 0.25) is 15.9 Å². The Bertz CT molecular complexity index is 756. The summed E-state index contributed by atoms with van der Waals surface area (Å²) in [5.41, 5.74) is 0.571. The molecule has 1 saturated heterocycles. The molecule has 1 N–H and O–H groups in total. The van der Waals surface area contributed by atoms with Gasteiger partial charge in [0, 0.05) is 31.9 Å². The molecule has 1 aromatic rings. The highest BCUT2D eigenvalue weighted by atomic mass is 32.2. The van der Waals surface area contributed by atoms with Crippen molar-refractivity contribution >= 4 is 49.9 Å². The molecule has 1 amide bonds. The predicted molar refractivity (Wildman–Crippen MR) is 116 cm³/mol. The molecular weight excluding hydrogens is 402 g/mol. The Morgan fingerprint density at radius 2 is 1.78 bits per heavy atom. The second kappa shape index (κ2) is 9.86. The highest BCUT2D eigenvalue weighted by Gasteiger charge is 2.27. The van der Waals surface area contributed by atoms with Crippen LogP contribution >= 0.6 is 24.0 Å². The van der Waals surface area contributed by atoms with Crippen molar-refractivity contribution in [1.29, 1.82) is 0 Å². The van der Waals surface area contributed by atoms with Crippen molar-refractivity contribution in [2.75, 3.05) is 31.5 Å². The molecule has 9 heteroatoms. The number of thioether (sulfide) groups is 1. The van der Waals surface area contributed by atoms with Gasteiger partial charge in [-0.25, -0.2) is 8.42 Å². The SMILES string of the molecule is CCN(CC)C(=S)SC(C)C(=O)Nc1ccc(S(=O)(=O)N2CCCC2)cc1. The Morgan fingerprint density at radius 1 is 1.22 bits per heavy atom. The molecule has 150 valence electrons. The lowest BCUT2D eigenvalue weighted by atomic mass is 10.3. The number of benzene rings is 1. The number of thiocarbonyl (C=S) groups is 1. The molecule has 0 saturated carbocycles. The average molecular weight is 430 g/mol. The Hall–Kier alpha value is -1.16. The van der Waals surface area contributed by atoms with Gasteiger partial charge in [0.15, 0.2) is 0 Å². The monoisotopic (exact) mass is 429 g/mol. The van der Waals surface area contributed by atoms with Crippen LogP contribution in [0.2, 0.25) is 0 Å². The minimum Gasteiger partial charge on any atom is -0.358 e. The molecular formula is C18H27N3O3S3. The summed E-state index contributed by atoms with van der Waals surface area (Å²) in [6, 6.07) is 6.34. The van der Waals surface area contributed by atoms with Crippen LogP contribution in [0.25, 0.3) is 0 Å². The zero-order valence-corrected chi connectivity index (χ0v) is 18.4. The molecule has 1 unspecified atom stereocenters. The summed E-state index contributed by atoms with van der Waals surface area (Å²) >= 11 is 6.73. The summed E-state index contributed by atoms with van der Waals surface area (Å²) in [6.07, 6.45) is 1.80. The standard InChI is InChI=1S/C18H27N3O3S3/c1-4-20(5-2)18(25)26-14(3)17(22)19-15-8-10-16(11-9-15)27(23,24)21-12-6-7-13-21/h8-11,14H,4-7,12-13H2,1-3H3,(H,19,22). The van der Waals surface area contributed by atoms with Gasteiger partial charge >= 0.3 is 0 Å². The first-order valence-corrected chi connectivity index (χ1v) is 11.9. The molecule has 0 aromatic heterocycles. The zero-order valence-electron chi connectivity index (χ0n) is 16.0. The van der Waals surface area contributed by atoms with E-state index < -0.39 is 10.0 Å². The van der Waals surface area contributed by atoms with Crippen molar-refractivity contribution in [2.45, 2.75) is 43.8 Å². The first-order chi connectivity index (χ1) is 12.8. The molecule has 1 fully saturated rings. The van der Waals surface area contributed by atoms with Crippen LogP contribution in [0.1, 0.15) is 33.6 Å². The quantitative estimate of drug-likeness (QED) is 0.672. The van der Waals surface area contributed by atoms with Gasteiger partial charge in [0.05, 0.1) is 10.1 Å². The molecule has 0 spiro atoms. The first kappa shape index (κ1) is 22.1. The molecule has 0 radical (unpaired) electrons. The van der Waals surface area contributed by atoms with E-state index in [1.807, 2.05) is 25.7 Å². The van der Waals surface area contributed by atoms with Crippen molar-refractivity contribution < 1.29 is 13.2 Å². The van der Waals surface area contributed by atoms with Crippen molar-refractivity contribution in [1.82, 2.24) is 9.21 Å². The lowest BCUT2D eigenvalue weighted by Crippen LogP contribution is -2.31. The van der Waals surface area contributed by atoms with Crippen LogP contribution in [0.4, 0.5) is 5.69 Å². The smallest absolute Gasteiger partial charge is 0.243 e. The molecule has 1 aromatic carbocycles. The molecule has 6 nitrogen and oxygen atoms in total. The minimum atomic E-state index is -3.44. The molecule has 1 aliphatic heterocycles. The van der Waals surface area contributed by atoms with E-state index in [0.717, 1.165) is 25.9 Å². The number of sulfonamides is 1. The number of carbonyl (C=O) groups excluding carboxylic acids is 1. The minimum absolute atomic E-state index is 0.162. The number of rotatable bonds is 7. The van der Waals surface area contributed by atoms with E-state index in [0.29, 0.717) is 23.1 Å². The van der Waals surface area contributed by atoms with Crippen molar-refractivity contribution in [3.8, 4) is 0 Å². The van der Waals surface area contributed by atoms with Gasteiger partial charge in [0.1, 0.15) is 4.32 Å². The predicted octanol–water partition coefficient (Wildman–Crippen LogP) is 3.16. The van der Waals surface area contributed by atoms with E-state index in [2.05, 4.69) is 5.32 Å². The summed E-state index contributed by atoms with van der Waals surface area (Å²) < 4.78 is 27.3. The van der Waals surface area contributed by atoms with Gasteiger partial charge < -0.3 is 10.2 Å². The fraction of sp³-hybridized carbons (Fsp3) is 0.556. The number of carbonyl (C=O) groups is 1. The maximum absolute atomic E-state index is 12.5. The van der Waals surface area contributed by atoms with Gasteiger partial charge in [-0.3, -0.25) is 4.79 Å². The Labute approximate surface area is 171 Å². The maximum atomic E-state index is 12.5. The van der Waals surface area contributed by atoms with E-state index in [1.54, 1.807) is 24.3 Å². The van der Waals surface area contributed by atoms with Crippen LogP contribution < -0.4 is 5.32 Å². The lowest BCUT2D eigenvalue weighted by molar-refractivity contribution is -0.115. The number of hydrogen-bond acceptors (Lipinski definition) is 5. The first-order valence-electron chi connectivity index (χ1n) is 9.16. The normalized spacial score (nSPS) is 16.1. The number of anilines is 1. The topological polar surface area (TPSA) is 69.7 Å². The van der Waals surface area contributed by atoms with Crippen molar-refractivity contribution in [2.24, 2.45) is 0 Å². The zero-order chi connectivity index (χ0) is 20.0. The molecule has 1 heterocycles. The van der Waals surface area contributed by atoms with E-state index in [1.165, 1.54) is 16.1 Å². The number of nitrogens with one attached hydrogen (secondary N) is 1. The van der Waals surface area contributed by atoms with Crippen LogP contribution in [0, 0.1) is 0 Å². The number of amides is 1. The summed E-state index contributed by atoms with van der Waals surface area (Å²) in [5.74, 6) is -0.162. The van der Waals surface area contributed by atoms with E-state index in [9.17, 15) is 13.2 Å². The third-order valence-electron chi connectivity index (χ3n) is 4.49. The molecule has 2 rings (SSSR count). The second-order valence-electron chi connectivity index (χ2n) is 6.32. The summed E-state index contributed by atoms with van der Waals surface area (Å²) in [5, 5.41) is 2.48. The average Bonchev–Trinajstić information content (AvgIpc) is 3.18. The lowest BCUT2D eigenvalue weighted by Gasteiger charge is -2.23. The Balaban J connectivity index is 1.97. The van der Waals surface area contributed by atoms with E-state index in [-0.39, 0.29) is 16.1 Å². The van der Waals surface area contributed by atoms with Gasteiger partial charge in [0.25, 0.3) is 0 Å². The molecule has 1 aliphatic rings. The van der Waals surface area contributed by atoms with Gasteiger partial charge in [-0.15, -0.1) is 0 Å². The second-order valence-corrected chi connectivity index (χ2v) is 10.2. The van der Waals surface area contributed by atoms with Crippen LogP contribution in [0.15, 0.2) is 29.2 Å². The maximum Gasteiger partial charge on any atom is 0.243 e. The van der Waals surface area contributed by atoms with Gasteiger partial charge in [-0.2, -0.15) is 4.31 Å². The van der Waals surface area contributed by atoms with E-state index in [4.69, 9.17) is 12.2 Å². The Kier molecular flexibility index (Phi) is 8.08. The van der Waals surface area contributed by atoms with Crippen LogP contribution in [0.5, 0.6) is 0 Å². The van der Waals surface area contributed by atoms with E-state index >= 15 is 0 Å². The summed E-state index contributed by atoms with van der Waals surface area (Å²) in [4.78, 5) is 14.7. The fourth-order valence-electron chi connectivity index (χ4n) is 2.79. The van der Waals surface area contributed by atoms with Crippen LogP contribution in [-0.4, -0.2) is 59.3 Å². The molecule has 1 atom stereocenters. The molecule has 27 heavy (non-hydrogen) atoms.